The van der Waals surface area contributed by atoms with Crippen LogP contribution in [0, 0.1) is 0 Å². The molecule has 8 nitrogen and oxygen atoms in total. The lowest BCUT2D eigenvalue weighted by atomic mass is 10.2. The Labute approximate surface area is 117 Å². The highest BCUT2D eigenvalue weighted by molar-refractivity contribution is 5.83. The summed E-state index contributed by atoms with van der Waals surface area (Å²) < 4.78 is 9.84. The van der Waals surface area contributed by atoms with Gasteiger partial charge in [0, 0.05) is 20.1 Å². The molecule has 0 aliphatic carbocycles. The molecule has 1 rings (SSSR count). The molecule has 1 aliphatic heterocycles. The van der Waals surface area contributed by atoms with Gasteiger partial charge in [-0.2, -0.15) is 0 Å². The summed E-state index contributed by atoms with van der Waals surface area (Å²) in [6.45, 7) is 2.69. The van der Waals surface area contributed by atoms with E-state index < -0.39 is 18.0 Å². The van der Waals surface area contributed by atoms with Crippen LogP contribution in [-0.2, 0) is 19.1 Å². The van der Waals surface area contributed by atoms with Gasteiger partial charge in [0.25, 0.3) is 0 Å². The Morgan fingerprint density at radius 2 is 2.15 bits per heavy atom. The minimum Gasteiger partial charge on any atom is -0.480 e. The van der Waals surface area contributed by atoms with E-state index in [9.17, 15) is 14.4 Å². The molecule has 1 saturated heterocycles. The molecular formula is C12H20N2O6. The minimum absolute atomic E-state index is 0.0210. The third kappa shape index (κ3) is 4.37. The molecular weight excluding hydrogens is 268 g/mol. The summed E-state index contributed by atoms with van der Waals surface area (Å²) in [5.41, 5.74) is 0. The lowest BCUT2D eigenvalue weighted by Gasteiger charge is -2.35. The molecule has 0 aromatic heterocycles. The molecule has 20 heavy (non-hydrogen) atoms. The number of aliphatic carboxylic acids is 1. The van der Waals surface area contributed by atoms with Gasteiger partial charge in [0.15, 0.2) is 6.04 Å². The van der Waals surface area contributed by atoms with Crippen molar-refractivity contribution in [1.29, 1.82) is 0 Å². The molecule has 0 aromatic rings. The number of carbonyl (C=O) groups excluding carboxylic acids is 2. The number of hydrogen-bond donors (Lipinski definition) is 1. The lowest BCUT2D eigenvalue weighted by Crippen LogP contribution is -2.56. The van der Waals surface area contributed by atoms with Crippen molar-refractivity contribution in [3.05, 3.63) is 0 Å². The van der Waals surface area contributed by atoms with Gasteiger partial charge in [0.05, 0.1) is 26.2 Å². The molecule has 1 aliphatic rings. The number of esters is 1. The molecule has 0 aromatic carbocycles. The number of carboxylic acid groups (broad SMARTS) is 1. The molecule has 1 N–H and O–H groups in total. The van der Waals surface area contributed by atoms with E-state index in [2.05, 4.69) is 0 Å². The van der Waals surface area contributed by atoms with Crippen LogP contribution in [0.1, 0.15) is 13.3 Å². The Morgan fingerprint density at radius 3 is 2.75 bits per heavy atom. The van der Waals surface area contributed by atoms with Crippen molar-refractivity contribution < 1.29 is 29.0 Å². The second kappa shape index (κ2) is 7.68. The summed E-state index contributed by atoms with van der Waals surface area (Å²) in [5.74, 6) is -1.49. The van der Waals surface area contributed by atoms with Crippen LogP contribution in [0.4, 0.5) is 4.79 Å². The van der Waals surface area contributed by atoms with E-state index >= 15 is 0 Å². The zero-order valence-corrected chi connectivity index (χ0v) is 11.7. The normalized spacial score (nSPS) is 18.5. The standard InChI is InChI=1S/C12H20N2O6/c1-3-20-10(15)4-5-13(2)12(18)14-6-7-19-8-9(14)11(16)17/h9H,3-8H2,1-2H3,(H,16,17). The SMILES string of the molecule is CCOC(=O)CCN(C)C(=O)N1CCOCC1C(=O)O. The van der Waals surface area contributed by atoms with Gasteiger partial charge in [-0.15, -0.1) is 0 Å². The van der Waals surface area contributed by atoms with Crippen molar-refractivity contribution in [3.63, 3.8) is 0 Å². The first-order chi connectivity index (χ1) is 9.47. The molecule has 0 spiro atoms. The van der Waals surface area contributed by atoms with Crippen molar-refractivity contribution in [2.75, 3.05) is 40.0 Å². The fourth-order valence-electron chi connectivity index (χ4n) is 1.84. The van der Waals surface area contributed by atoms with Crippen molar-refractivity contribution in [3.8, 4) is 0 Å². The summed E-state index contributed by atoms with van der Waals surface area (Å²) in [6.07, 6.45) is 0.0815. The number of carbonyl (C=O) groups is 3. The maximum absolute atomic E-state index is 12.2. The Hall–Kier alpha value is -1.83. The topological polar surface area (TPSA) is 96.4 Å². The highest BCUT2D eigenvalue weighted by Crippen LogP contribution is 2.10. The van der Waals surface area contributed by atoms with Crippen molar-refractivity contribution in [1.82, 2.24) is 9.80 Å². The van der Waals surface area contributed by atoms with E-state index in [1.165, 1.54) is 16.8 Å². The zero-order valence-electron chi connectivity index (χ0n) is 11.7. The Balaban J connectivity index is 2.53. The fourth-order valence-corrected chi connectivity index (χ4v) is 1.84. The first-order valence-electron chi connectivity index (χ1n) is 6.45. The number of rotatable bonds is 5. The van der Waals surface area contributed by atoms with Gasteiger partial charge in [0.2, 0.25) is 0 Å². The zero-order chi connectivity index (χ0) is 15.1. The molecule has 2 amide bonds. The third-order valence-corrected chi connectivity index (χ3v) is 2.94. The number of urea groups is 1. The lowest BCUT2D eigenvalue weighted by molar-refractivity contribution is -0.148. The number of ether oxygens (including phenoxy) is 2. The average molecular weight is 288 g/mol. The summed E-state index contributed by atoms with van der Waals surface area (Å²) in [7, 11) is 1.52. The van der Waals surface area contributed by atoms with Crippen LogP contribution in [0.15, 0.2) is 0 Å². The molecule has 114 valence electrons. The Bertz CT molecular complexity index is 373. The molecule has 1 unspecified atom stereocenters. The maximum Gasteiger partial charge on any atom is 0.328 e. The second-order valence-corrected chi connectivity index (χ2v) is 4.38. The second-order valence-electron chi connectivity index (χ2n) is 4.38. The van der Waals surface area contributed by atoms with E-state index in [1.54, 1.807) is 6.92 Å². The summed E-state index contributed by atoms with van der Waals surface area (Å²) in [6, 6.07) is -1.41. The molecule has 1 heterocycles. The smallest absolute Gasteiger partial charge is 0.328 e. The molecule has 1 atom stereocenters. The molecule has 8 heteroatoms. The Morgan fingerprint density at radius 1 is 1.45 bits per heavy atom. The monoisotopic (exact) mass is 288 g/mol. The predicted octanol–water partition coefficient (Wildman–Crippen LogP) is -0.223. The van der Waals surface area contributed by atoms with Gasteiger partial charge in [-0.05, 0) is 6.92 Å². The highest BCUT2D eigenvalue weighted by atomic mass is 16.5. The first-order valence-corrected chi connectivity index (χ1v) is 6.45. The van der Waals surface area contributed by atoms with Gasteiger partial charge < -0.3 is 24.4 Å². The summed E-state index contributed by atoms with van der Waals surface area (Å²) in [5, 5.41) is 9.06. The largest absolute Gasteiger partial charge is 0.480 e. The van der Waals surface area contributed by atoms with Crippen LogP contribution in [0.25, 0.3) is 0 Å². The highest BCUT2D eigenvalue weighted by Gasteiger charge is 2.34. The van der Waals surface area contributed by atoms with Crippen LogP contribution < -0.4 is 0 Å². The van der Waals surface area contributed by atoms with E-state index in [-0.39, 0.29) is 32.1 Å². The maximum atomic E-state index is 12.2. The minimum atomic E-state index is -1.10. The number of morpholine rings is 1. The van der Waals surface area contributed by atoms with E-state index in [4.69, 9.17) is 14.6 Å². The van der Waals surface area contributed by atoms with Crippen LogP contribution in [0.2, 0.25) is 0 Å². The van der Waals surface area contributed by atoms with Crippen LogP contribution in [0.5, 0.6) is 0 Å². The van der Waals surface area contributed by atoms with Crippen molar-refractivity contribution >= 4 is 18.0 Å². The number of carboxylic acids is 1. The quantitative estimate of drug-likeness (QED) is 0.702. The average Bonchev–Trinajstić information content (AvgIpc) is 2.44. The Kier molecular flexibility index (Phi) is 6.23. The van der Waals surface area contributed by atoms with E-state index in [0.717, 1.165) is 0 Å². The van der Waals surface area contributed by atoms with E-state index in [0.29, 0.717) is 13.2 Å². The number of hydrogen-bond acceptors (Lipinski definition) is 5. The summed E-state index contributed by atoms with van der Waals surface area (Å²) in [4.78, 5) is 37.0. The molecule has 0 saturated carbocycles. The van der Waals surface area contributed by atoms with Crippen LogP contribution >= 0.6 is 0 Å². The fraction of sp³-hybridized carbons (Fsp3) is 0.750. The van der Waals surface area contributed by atoms with Crippen LogP contribution in [0.3, 0.4) is 0 Å². The number of nitrogens with zero attached hydrogens (tertiary/aromatic N) is 2. The van der Waals surface area contributed by atoms with Gasteiger partial charge in [-0.3, -0.25) is 4.79 Å². The van der Waals surface area contributed by atoms with Gasteiger partial charge in [0.1, 0.15) is 0 Å². The summed E-state index contributed by atoms with van der Waals surface area (Å²) >= 11 is 0. The predicted molar refractivity (Wildman–Crippen MR) is 68.2 cm³/mol. The van der Waals surface area contributed by atoms with Gasteiger partial charge in [-0.1, -0.05) is 0 Å². The van der Waals surface area contributed by atoms with Crippen molar-refractivity contribution in [2.45, 2.75) is 19.4 Å². The van der Waals surface area contributed by atoms with Crippen LogP contribution in [-0.4, -0.2) is 78.9 Å². The van der Waals surface area contributed by atoms with Crippen molar-refractivity contribution in [2.24, 2.45) is 0 Å². The molecule has 0 bridgehead atoms. The molecule has 0 radical (unpaired) electrons. The molecule has 1 fully saturated rings. The third-order valence-electron chi connectivity index (χ3n) is 2.94. The first kappa shape index (κ1) is 16.2. The van der Waals surface area contributed by atoms with E-state index in [1.807, 2.05) is 0 Å². The van der Waals surface area contributed by atoms with Gasteiger partial charge in [-0.25, -0.2) is 9.59 Å². The number of amides is 2. The van der Waals surface area contributed by atoms with Gasteiger partial charge >= 0.3 is 18.0 Å².